The van der Waals surface area contributed by atoms with Crippen LogP contribution in [0.5, 0.6) is 0 Å². The van der Waals surface area contributed by atoms with Crippen molar-refractivity contribution >= 4 is 24.2 Å². The molecule has 136 valence electrons. The van der Waals surface area contributed by atoms with Gasteiger partial charge in [0.1, 0.15) is 5.54 Å². The normalized spacial score (nSPS) is 12.4. The molecule has 10 nitrogen and oxygen atoms in total. The van der Waals surface area contributed by atoms with E-state index >= 15 is 0 Å². The predicted octanol–water partition coefficient (Wildman–Crippen LogP) is 2.13. The molecule has 1 N–H and O–H groups in total. The Kier molecular flexibility index (Phi) is 6.85. The minimum absolute atomic E-state index is 0.00897. The number of amides is 2. The van der Waals surface area contributed by atoms with E-state index in [0.717, 1.165) is 0 Å². The average molecular weight is 353 g/mol. The molecule has 0 fully saturated rings. The molecular weight excluding hydrogens is 334 g/mol. The molecule has 0 spiro atoms. The minimum atomic E-state index is -1.67. The Morgan fingerprint density at radius 2 is 1.80 bits per heavy atom. The van der Waals surface area contributed by atoms with Crippen LogP contribution in [-0.4, -0.2) is 41.6 Å². The van der Waals surface area contributed by atoms with E-state index < -0.39 is 22.6 Å². The van der Waals surface area contributed by atoms with Crippen LogP contribution >= 0.6 is 0 Å². The number of nitro groups is 1. The molecule has 0 radical (unpaired) electrons. The van der Waals surface area contributed by atoms with Crippen LogP contribution in [-0.2, 0) is 19.8 Å². The standard InChI is InChI=1S/C15H19N3O7/c1-4-24-13(20)16-17(14(21)25-5-2)15(3,10-19)11-6-8-12(9-7-11)18(22)23/h6-10H,4-5H2,1-3H3,(H,16,20)/t15-/m1/s1. The summed E-state index contributed by atoms with van der Waals surface area (Å²) in [7, 11) is 0. The van der Waals surface area contributed by atoms with E-state index in [-0.39, 0.29) is 24.5 Å². The van der Waals surface area contributed by atoms with Crippen molar-refractivity contribution in [3.63, 3.8) is 0 Å². The van der Waals surface area contributed by atoms with E-state index in [1.807, 2.05) is 0 Å². The number of hydrogen-bond acceptors (Lipinski definition) is 7. The van der Waals surface area contributed by atoms with E-state index in [1.165, 1.54) is 31.2 Å². The first-order valence-corrected chi connectivity index (χ1v) is 7.41. The molecule has 0 unspecified atom stereocenters. The Hall–Kier alpha value is -3.17. The van der Waals surface area contributed by atoms with Gasteiger partial charge in [0.05, 0.1) is 18.1 Å². The second kappa shape index (κ2) is 8.62. The lowest BCUT2D eigenvalue weighted by atomic mass is 9.93. The van der Waals surface area contributed by atoms with Crippen molar-refractivity contribution in [1.82, 2.24) is 10.4 Å². The van der Waals surface area contributed by atoms with Crippen molar-refractivity contribution in [2.45, 2.75) is 26.3 Å². The first-order chi connectivity index (χ1) is 11.8. The number of aldehydes is 1. The van der Waals surface area contributed by atoms with Gasteiger partial charge in [-0.25, -0.2) is 15.0 Å². The second-order valence-corrected chi connectivity index (χ2v) is 4.94. The summed E-state index contributed by atoms with van der Waals surface area (Å²) in [6.45, 7) is 4.55. The molecule has 10 heteroatoms. The van der Waals surface area contributed by atoms with Crippen LogP contribution in [0, 0.1) is 10.1 Å². The molecule has 0 aliphatic heterocycles. The summed E-state index contributed by atoms with van der Waals surface area (Å²) in [6.07, 6.45) is -1.52. The molecule has 0 heterocycles. The van der Waals surface area contributed by atoms with Gasteiger partial charge in [-0.3, -0.25) is 10.1 Å². The maximum Gasteiger partial charge on any atom is 0.430 e. The molecule has 1 aromatic rings. The monoisotopic (exact) mass is 353 g/mol. The smallest absolute Gasteiger partial charge is 0.430 e. The Morgan fingerprint density at radius 1 is 1.24 bits per heavy atom. The molecule has 0 saturated heterocycles. The number of carbonyl (C=O) groups is 3. The molecule has 1 rings (SSSR count). The fourth-order valence-corrected chi connectivity index (χ4v) is 1.96. The van der Waals surface area contributed by atoms with E-state index in [9.17, 15) is 24.5 Å². The van der Waals surface area contributed by atoms with Gasteiger partial charge in [-0.1, -0.05) is 0 Å². The lowest BCUT2D eigenvalue weighted by Gasteiger charge is -2.35. The van der Waals surface area contributed by atoms with E-state index in [4.69, 9.17) is 9.47 Å². The summed E-state index contributed by atoms with van der Waals surface area (Å²) < 4.78 is 9.59. The van der Waals surface area contributed by atoms with Crippen LogP contribution in [0.25, 0.3) is 0 Å². The summed E-state index contributed by atoms with van der Waals surface area (Å²) in [4.78, 5) is 45.8. The third kappa shape index (κ3) is 4.66. The Morgan fingerprint density at radius 3 is 2.24 bits per heavy atom. The molecule has 0 bridgehead atoms. The molecule has 0 saturated carbocycles. The third-order valence-corrected chi connectivity index (χ3v) is 3.29. The number of carbonyl (C=O) groups excluding carboxylic acids is 3. The van der Waals surface area contributed by atoms with Gasteiger partial charge in [-0.2, -0.15) is 5.01 Å². The molecule has 25 heavy (non-hydrogen) atoms. The van der Waals surface area contributed by atoms with Crippen LogP contribution < -0.4 is 5.43 Å². The molecule has 0 aromatic heterocycles. The molecular formula is C15H19N3O7. The van der Waals surface area contributed by atoms with Crippen LogP contribution in [0.2, 0.25) is 0 Å². The highest BCUT2D eigenvalue weighted by molar-refractivity contribution is 5.80. The summed E-state index contributed by atoms with van der Waals surface area (Å²) in [6, 6.07) is 4.99. The summed E-state index contributed by atoms with van der Waals surface area (Å²) in [5.41, 5.74) is 0.542. The van der Waals surface area contributed by atoms with E-state index in [1.54, 1.807) is 13.8 Å². The third-order valence-electron chi connectivity index (χ3n) is 3.29. The lowest BCUT2D eigenvalue weighted by molar-refractivity contribution is -0.384. The Balaban J connectivity index is 3.27. The molecule has 1 atom stereocenters. The van der Waals surface area contributed by atoms with E-state index in [0.29, 0.717) is 11.3 Å². The largest absolute Gasteiger partial charge is 0.449 e. The van der Waals surface area contributed by atoms with Crippen molar-refractivity contribution in [3.05, 3.63) is 39.9 Å². The van der Waals surface area contributed by atoms with Gasteiger partial charge in [0, 0.05) is 12.1 Å². The fraction of sp³-hybridized carbons (Fsp3) is 0.400. The maximum absolute atomic E-state index is 12.2. The number of hydrazine groups is 1. The van der Waals surface area contributed by atoms with E-state index in [2.05, 4.69) is 5.43 Å². The predicted molar refractivity (Wildman–Crippen MR) is 85.5 cm³/mol. The molecule has 0 aliphatic carbocycles. The van der Waals surface area contributed by atoms with Crippen molar-refractivity contribution in [2.24, 2.45) is 0 Å². The molecule has 0 aliphatic rings. The quantitative estimate of drug-likeness (QED) is 0.471. The zero-order valence-electron chi connectivity index (χ0n) is 14.1. The SMILES string of the molecule is CCOC(=O)NN(C(=O)OCC)[C@](C)(C=O)c1ccc([N+](=O)[O-])cc1. The number of hydrogen-bond donors (Lipinski definition) is 1. The fourth-order valence-electron chi connectivity index (χ4n) is 1.96. The average Bonchev–Trinajstić information content (AvgIpc) is 2.59. The summed E-state index contributed by atoms with van der Waals surface area (Å²) in [5.74, 6) is 0. The van der Waals surface area contributed by atoms with Gasteiger partial charge < -0.3 is 14.3 Å². The van der Waals surface area contributed by atoms with Crippen molar-refractivity contribution in [1.29, 1.82) is 0 Å². The van der Waals surface area contributed by atoms with Crippen LogP contribution in [0.3, 0.4) is 0 Å². The van der Waals surface area contributed by atoms with Crippen molar-refractivity contribution < 1.29 is 28.8 Å². The zero-order valence-corrected chi connectivity index (χ0v) is 14.1. The maximum atomic E-state index is 12.2. The van der Waals surface area contributed by atoms with Crippen molar-refractivity contribution in [3.8, 4) is 0 Å². The Bertz CT molecular complexity index is 647. The van der Waals surface area contributed by atoms with Gasteiger partial charge in [0.25, 0.3) is 5.69 Å². The zero-order chi connectivity index (χ0) is 19.0. The van der Waals surface area contributed by atoms with Gasteiger partial charge >= 0.3 is 12.2 Å². The van der Waals surface area contributed by atoms with Gasteiger partial charge in [0.15, 0.2) is 6.29 Å². The molecule has 1 aromatic carbocycles. The summed E-state index contributed by atoms with van der Waals surface area (Å²) in [5, 5.41) is 11.4. The number of benzene rings is 1. The lowest BCUT2D eigenvalue weighted by Crippen LogP contribution is -2.58. The Labute approximate surface area is 143 Å². The number of ether oxygens (including phenoxy) is 2. The summed E-state index contributed by atoms with van der Waals surface area (Å²) >= 11 is 0. The van der Waals surface area contributed by atoms with Gasteiger partial charge in [0.2, 0.25) is 0 Å². The highest BCUT2D eigenvalue weighted by atomic mass is 16.6. The highest BCUT2D eigenvalue weighted by Crippen LogP contribution is 2.27. The van der Waals surface area contributed by atoms with Crippen LogP contribution in [0.15, 0.2) is 24.3 Å². The minimum Gasteiger partial charge on any atom is -0.449 e. The number of non-ortho nitro benzene ring substituents is 1. The topological polar surface area (TPSA) is 128 Å². The first kappa shape index (κ1) is 19.9. The second-order valence-electron chi connectivity index (χ2n) is 4.94. The number of nitrogens with one attached hydrogen (secondary N) is 1. The number of nitrogens with zero attached hydrogens (tertiary/aromatic N) is 2. The molecule has 2 amide bonds. The first-order valence-electron chi connectivity index (χ1n) is 7.41. The van der Waals surface area contributed by atoms with Crippen molar-refractivity contribution in [2.75, 3.05) is 13.2 Å². The van der Waals surface area contributed by atoms with Crippen LogP contribution in [0.1, 0.15) is 26.3 Å². The number of nitro benzene ring substituents is 1. The van der Waals surface area contributed by atoms with Gasteiger partial charge in [-0.05, 0) is 38.5 Å². The number of rotatable bonds is 6. The van der Waals surface area contributed by atoms with Gasteiger partial charge in [-0.15, -0.1) is 0 Å². The van der Waals surface area contributed by atoms with Crippen LogP contribution in [0.4, 0.5) is 15.3 Å². The highest BCUT2D eigenvalue weighted by Gasteiger charge is 2.40.